The predicted molar refractivity (Wildman–Crippen MR) is 92.5 cm³/mol. The number of methoxy groups -OCH3 is 2. The summed E-state index contributed by atoms with van der Waals surface area (Å²) in [6, 6.07) is 12.0. The molecule has 24 heavy (non-hydrogen) atoms. The summed E-state index contributed by atoms with van der Waals surface area (Å²) in [5, 5.41) is 0. The van der Waals surface area contributed by atoms with Gasteiger partial charge in [0.25, 0.3) is 0 Å². The van der Waals surface area contributed by atoms with E-state index in [1.165, 1.54) is 0 Å². The van der Waals surface area contributed by atoms with Crippen LogP contribution in [0.15, 0.2) is 36.4 Å². The maximum absolute atomic E-state index is 6.03. The largest absolute Gasteiger partial charge is 0.493 e. The second-order valence-corrected chi connectivity index (χ2v) is 5.73. The third kappa shape index (κ3) is 3.41. The summed E-state index contributed by atoms with van der Waals surface area (Å²) < 4.78 is 21.9. The molecule has 0 saturated carbocycles. The van der Waals surface area contributed by atoms with Crippen molar-refractivity contribution in [3.05, 3.63) is 47.5 Å². The van der Waals surface area contributed by atoms with E-state index in [-0.39, 0.29) is 5.92 Å². The van der Waals surface area contributed by atoms with Crippen molar-refractivity contribution in [1.82, 2.24) is 0 Å². The molecule has 0 bridgehead atoms. The van der Waals surface area contributed by atoms with Crippen molar-refractivity contribution in [1.29, 1.82) is 0 Å². The monoisotopic (exact) mass is 329 g/mol. The van der Waals surface area contributed by atoms with E-state index in [0.29, 0.717) is 19.8 Å². The highest BCUT2D eigenvalue weighted by Gasteiger charge is 2.17. The molecule has 128 valence electrons. The third-order valence-electron chi connectivity index (χ3n) is 4.25. The van der Waals surface area contributed by atoms with Gasteiger partial charge < -0.3 is 24.7 Å². The van der Waals surface area contributed by atoms with E-state index >= 15 is 0 Å². The van der Waals surface area contributed by atoms with E-state index in [2.05, 4.69) is 6.07 Å². The van der Waals surface area contributed by atoms with Crippen LogP contribution >= 0.6 is 0 Å². The van der Waals surface area contributed by atoms with Crippen LogP contribution in [0.5, 0.6) is 23.0 Å². The normalized spacial score (nSPS) is 14.1. The molecule has 5 heteroatoms. The van der Waals surface area contributed by atoms with E-state index in [0.717, 1.165) is 40.5 Å². The van der Waals surface area contributed by atoms with Crippen LogP contribution in [0.4, 0.5) is 0 Å². The van der Waals surface area contributed by atoms with Gasteiger partial charge in [0.2, 0.25) is 0 Å². The molecule has 0 saturated heterocycles. The summed E-state index contributed by atoms with van der Waals surface area (Å²) >= 11 is 0. The fourth-order valence-electron chi connectivity index (χ4n) is 2.94. The third-order valence-corrected chi connectivity index (χ3v) is 4.25. The Labute approximate surface area is 142 Å². The topological polar surface area (TPSA) is 62.9 Å². The van der Waals surface area contributed by atoms with Gasteiger partial charge in [-0.2, -0.15) is 0 Å². The first-order valence-corrected chi connectivity index (χ1v) is 8.05. The Morgan fingerprint density at radius 1 is 0.958 bits per heavy atom. The minimum Gasteiger partial charge on any atom is -0.493 e. The summed E-state index contributed by atoms with van der Waals surface area (Å²) in [5.74, 6) is 3.24. The first-order chi connectivity index (χ1) is 11.7. The predicted octanol–water partition coefficient (Wildman–Crippen LogP) is 2.76. The van der Waals surface area contributed by atoms with Gasteiger partial charge in [0.05, 0.1) is 14.2 Å². The molecule has 1 atom stereocenters. The number of nitrogens with two attached hydrogens (primary N) is 1. The number of hydrogen-bond acceptors (Lipinski definition) is 5. The molecule has 5 nitrogen and oxygen atoms in total. The molecular formula is C19H23NO4. The molecular weight excluding hydrogens is 306 g/mol. The maximum Gasteiger partial charge on any atom is 0.161 e. The quantitative estimate of drug-likeness (QED) is 0.883. The van der Waals surface area contributed by atoms with Crippen LogP contribution in [-0.2, 0) is 6.42 Å². The lowest BCUT2D eigenvalue weighted by atomic mass is 9.91. The van der Waals surface area contributed by atoms with Gasteiger partial charge in [0.1, 0.15) is 13.2 Å². The van der Waals surface area contributed by atoms with E-state index in [9.17, 15) is 0 Å². The van der Waals surface area contributed by atoms with E-state index in [1.54, 1.807) is 14.2 Å². The highest BCUT2D eigenvalue weighted by Crippen LogP contribution is 2.35. The van der Waals surface area contributed by atoms with Crippen LogP contribution in [-0.4, -0.2) is 34.0 Å². The van der Waals surface area contributed by atoms with Crippen molar-refractivity contribution in [2.45, 2.75) is 12.3 Å². The number of fused-ring (bicyclic) bond motifs is 1. The van der Waals surface area contributed by atoms with Gasteiger partial charge in [-0.25, -0.2) is 0 Å². The smallest absolute Gasteiger partial charge is 0.161 e. The Hall–Kier alpha value is -2.40. The molecule has 2 aromatic carbocycles. The molecule has 1 unspecified atom stereocenters. The highest BCUT2D eigenvalue weighted by atomic mass is 16.6. The van der Waals surface area contributed by atoms with Crippen LogP contribution < -0.4 is 24.7 Å². The van der Waals surface area contributed by atoms with Gasteiger partial charge in [0.15, 0.2) is 23.0 Å². The molecule has 1 heterocycles. The summed E-state index contributed by atoms with van der Waals surface area (Å²) in [7, 11) is 3.28. The molecule has 0 spiro atoms. The van der Waals surface area contributed by atoms with Crippen molar-refractivity contribution in [3.63, 3.8) is 0 Å². The lowest BCUT2D eigenvalue weighted by Crippen LogP contribution is -2.18. The fourth-order valence-corrected chi connectivity index (χ4v) is 2.94. The number of rotatable bonds is 6. The lowest BCUT2D eigenvalue weighted by molar-refractivity contribution is 0.171. The Kier molecular flexibility index (Phi) is 5.11. The minimum absolute atomic E-state index is 0.193. The molecule has 0 aliphatic carbocycles. The van der Waals surface area contributed by atoms with E-state index in [4.69, 9.17) is 24.7 Å². The molecule has 1 aliphatic heterocycles. The average Bonchev–Trinajstić information content (AvgIpc) is 2.65. The molecule has 0 amide bonds. The van der Waals surface area contributed by atoms with Crippen molar-refractivity contribution in [3.8, 4) is 23.0 Å². The van der Waals surface area contributed by atoms with Gasteiger partial charge in [-0.15, -0.1) is 0 Å². The maximum atomic E-state index is 6.03. The SMILES string of the molecule is COc1ccc(CC(CN)c2ccc3c(c2)OCCO3)cc1OC. The molecule has 0 radical (unpaired) electrons. The first-order valence-electron chi connectivity index (χ1n) is 8.05. The molecule has 2 N–H and O–H groups in total. The summed E-state index contributed by atoms with van der Waals surface area (Å²) in [4.78, 5) is 0. The lowest BCUT2D eigenvalue weighted by Gasteiger charge is -2.22. The minimum atomic E-state index is 0.193. The molecule has 1 aliphatic rings. The highest BCUT2D eigenvalue weighted by molar-refractivity contribution is 5.46. The van der Waals surface area contributed by atoms with Gasteiger partial charge in [-0.05, 0) is 48.4 Å². The molecule has 0 aromatic heterocycles. The molecule has 2 aromatic rings. The second kappa shape index (κ2) is 7.45. The van der Waals surface area contributed by atoms with Crippen molar-refractivity contribution in [2.75, 3.05) is 34.0 Å². The van der Waals surface area contributed by atoms with Crippen molar-refractivity contribution in [2.24, 2.45) is 5.73 Å². The average molecular weight is 329 g/mol. The van der Waals surface area contributed by atoms with Crippen LogP contribution in [0.25, 0.3) is 0 Å². The van der Waals surface area contributed by atoms with Crippen LogP contribution in [0.1, 0.15) is 17.0 Å². The van der Waals surface area contributed by atoms with Gasteiger partial charge >= 0.3 is 0 Å². The van der Waals surface area contributed by atoms with Gasteiger partial charge in [-0.3, -0.25) is 0 Å². The first kappa shape index (κ1) is 16.5. The van der Waals surface area contributed by atoms with E-state index < -0.39 is 0 Å². The van der Waals surface area contributed by atoms with Gasteiger partial charge in [0, 0.05) is 5.92 Å². The number of ether oxygens (including phenoxy) is 4. The van der Waals surface area contributed by atoms with Gasteiger partial charge in [-0.1, -0.05) is 12.1 Å². The zero-order valence-electron chi connectivity index (χ0n) is 14.1. The zero-order chi connectivity index (χ0) is 16.9. The summed E-state index contributed by atoms with van der Waals surface area (Å²) in [6.07, 6.45) is 0.816. The fraction of sp³-hybridized carbons (Fsp3) is 0.368. The van der Waals surface area contributed by atoms with Crippen LogP contribution in [0.2, 0.25) is 0 Å². The number of benzene rings is 2. The molecule has 0 fully saturated rings. The Bertz CT molecular complexity index is 702. The van der Waals surface area contributed by atoms with Crippen molar-refractivity contribution >= 4 is 0 Å². The van der Waals surface area contributed by atoms with Crippen molar-refractivity contribution < 1.29 is 18.9 Å². The Balaban J connectivity index is 1.82. The second-order valence-electron chi connectivity index (χ2n) is 5.73. The Morgan fingerprint density at radius 2 is 1.71 bits per heavy atom. The summed E-state index contributed by atoms with van der Waals surface area (Å²) in [6.45, 7) is 1.73. The summed E-state index contributed by atoms with van der Waals surface area (Å²) in [5.41, 5.74) is 8.33. The van der Waals surface area contributed by atoms with Crippen LogP contribution in [0.3, 0.4) is 0 Å². The number of hydrogen-bond donors (Lipinski definition) is 1. The molecule has 3 rings (SSSR count). The Morgan fingerprint density at radius 3 is 2.42 bits per heavy atom. The zero-order valence-corrected chi connectivity index (χ0v) is 14.1. The standard InChI is InChI=1S/C19H23NO4/c1-21-16-5-3-13(10-18(16)22-2)9-15(12-20)14-4-6-17-19(11-14)24-8-7-23-17/h3-6,10-11,15H,7-9,12,20H2,1-2H3. The van der Waals surface area contributed by atoms with E-state index in [1.807, 2.05) is 30.3 Å². The van der Waals surface area contributed by atoms with Crippen LogP contribution in [0, 0.1) is 0 Å².